The first-order valence-corrected chi connectivity index (χ1v) is 9.42. The molecular weight excluding hydrogens is 328 g/mol. The minimum Gasteiger partial charge on any atom is -0.316 e. The van der Waals surface area contributed by atoms with Crippen molar-refractivity contribution in [3.05, 3.63) is 30.2 Å². The summed E-state index contributed by atoms with van der Waals surface area (Å²) in [4.78, 5) is 21.1. The van der Waals surface area contributed by atoms with Crippen LogP contribution in [-0.4, -0.2) is 38.7 Å². The number of carbonyl (C=O) groups excluding carboxylic acids is 1. The smallest absolute Gasteiger partial charge is 0.252 e. The molecule has 26 heavy (non-hydrogen) atoms. The van der Waals surface area contributed by atoms with Crippen LogP contribution in [0.3, 0.4) is 0 Å². The van der Waals surface area contributed by atoms with E-state index in [-0.39, 0.29) is 11.8 Å². The van der Waals surface area contributed by atoms with Gasteiger partial charge in [0.15, 0.2) is 0 Å². The monoisotopic (exact) mass is 356 g/mol. The van der Waals surface area contributed by atoms with Gasteiger partial charge in [0.1, 0.15) is 5.82 Å². The van der Waals surface area contributed by atoms with E-state index in [1.165, 1.54) is 12.8 Å². The second-order valence-electron chi connectivity index (χ2n) is 7.41. The lowest BCUT2D eigenvalue weighted by atomic mass is 9.85. The number of anilines is 1. The maximum absolute atomic E-state index is 12.6. The average Bonchev–Trinajstić information content (AvgIpc) is 3.07. The maximum atomic E-state index is 12.6. The standard InChI is InChI=1S/C19H28N6O/c1-13(2)16-11-17(25(24-16)19-21-8-5-9-22-19)23-18(26)10-14(3)15-6-4-7-20-12-15/h5,8-9,11,13-15,20H,4,6-7,10,12H2,1-3H3,(H,23,26). The van der Waals surface area contributed by atoms with Crippen molar-refractivity contribution in [3.63, 3.8) is 0 Å². The molecular formula is C19H28N6O. The molecule has 1 fully saturated rings. The molecule has 7 heteroatoms. The van der Waals surface area contributed by atoms with Crippen LogP contribution in [0.2, 0.25) is 0 Å². The second kappa shape index (κ2) is 8.40. The van der Waals surface area contributed by atoms with E-state index in [4.69, 9.17) is 0 Å². The summed E-state index contributed by atoms with van der Waals surface area (Å²) in [6.07, 6.45) is 6.22. The van der Waals surface area contributed by atoms with Crippen LogP contribution in [0.15, 0.2) is 24.5 Å². The van der Waals surface area contributed by atoms with Crippen LogP contribution in [0, 0.1) is 11.8 Å². The van der Waals surface area contributed by atoms with Gasteiger partial charge in [-0.25, -0.2) is 9.97 Å². The van der Waals surface area contributed by atoms with Crippen LogP contribution < -0.4 is 10.6 Å². The molecule has 7 nitrogen and oxygen atoms in total. The third kappa shape index (κ3) is 4.46. The lowest BCUT2D eigenvalue weighted by molar-refractivity contribution is -0.117. The van der Waals surface area contributed by atoms with E-state index in [1.54, 1.807) is 23.1 Å². The molecule has 1 aliphatic rings. The van der Waals surface area contributed by atoms with E-state index in [1.807, 2.05) is 6.07 Å². The Bertz CT molecular complexity index is 721. The molecule has 1 amide bonds. The number of hydrogen-bond donors (Lipinski definition) is 2. The number of rotatable bonds is 6. The van der Waals surface area contributed by atoms with Gasteiger partial charge in [-0.15, -0.1) is 0 Å². The van der Waals surface area contributed by atoms with Gasteiger partial charge in [-0.1, -0.05) is 20.8 Å². The van der Waals surface area contributed by atoms with Crippen LogP contribution in [0.25, 0.3) is 5.95 Å². The zero-order valence-corrected chi connectivity index (χ0v) is 15.8. The number of amides is 1. The van der Waals surface area contributed by atoms with E-state index < -0.39 is 0 Å². The quantitative estimate of drug-likeness (QED) is 0.831. The Morgan fingerprint density at radius 2 is 2.12 bits per heavy atom. The van der Waals surface area contributed by atoms with Gasteiger partial charge < -0.3 is 10.6 Å². The van der Waals surface area contributed by atoms with Gasteiger partial charge >= 0.3 is 0 Å². The van der Waals surface area contributed by atoms with Gasteiger partial charge in [-0.2, -0.15) is 9.78 Å². The SMILES string of the molecule is CC(C)c1cc(NC(=O)CC(C)C2CCCNC2)n(-c2ncccn2)n1. The molecule has 0 spiro atoms. The topological polar surface area (TPSA) is 84.7 Å². The van der Waals surface area contributed by atoms with Gasteiger partial charge in [-0.3, -0.25) is 4.79 Å². The molecule has 2 aromatic heterocycles. The van der Waals surface area contributed by atoms with E-state index >= 15 is 0 Å². The van der Waals surface area contributed by atoms with Gasteiger partial charge in [0.25, 0.3) is 5.95 Å². The predicted octanol–water partition coefficient (Wildman–Crippen LogP) is 2.75. The Kier molecular flexibility index (Phi) is 5.98. The Morgan fingerprint density at radius 1 is 1.35 bits per heavy atom. The number of nitrogens with one attached hydrogen (secondary N) is 2. The fourth-order valence-corrected chi connectivity index (χ4v) is 3.34. The average molecular weight is 356 g/mol. The highest BCUT2D eigenvalue weighted by atomic mass is 16.1. The Hall–Kier alpha value is -2.28. The van der Waals surface area contributed by atoms with Crippen LogP contribution in [0.4, 0.5) is 5.82 Å². The number of piperidine rings is 1. The number of nitrogens with zero attached hydrogens (tertiary/aromatic N) is 4. The van der Waals surface area contributed by atoms with E-state index in [9.17, 15) is 4.79 Å². The fourth-order valence-electron chi connectivity index (χ4n) is 3.34. The molecule has 2 aromatic rings. The van der Waals surface area contributed by atoms with Crippen molar-refractivity contribution < 1.29 is 4.79 Å². The molecule has 3 rings (SSSR count). The molecule has 2 unspecified atom stereocenters. The molecule has 0 saturated carbocycles. The largest absolute Gasteiger partial charge is 0.316 e. The zero-order valence-electron chi connectivity index (χ0n) is 15.8. The summed E-state index contributed by atoms with van der Waals surface area (Å²) in [6, 6.07) is 3.67. The van der Waals surface area contributed by atoms with Gasteiger partial charge in [0, 0.05) is 24.9 Å². The molecule has 0 bridgehead atoms. The van der Waals surface area contributed by atoms with Crippen molar-refractivity contribution >= 4 is 11.7 Å². The molecule has 0 aromatic carbocycles. The third-order valence-electron chi connectivity index (χ3n) is 4.98. The molecule has 0 aliphatic carbocycles. The number of carbonyl (C=O) groups is 1. The van der Waals surface area contributed by atoms with Crippen LogP contribution >= 0.6 is 0 Å². The van der Waals surface area contributed by atoms with E-state index in [0.29, 0.717) is 30.0 Å². The summed E-state index contributed by atoms with van der Waals surface area (Å²) in [5.41, 5.74) is 0.900. The van der Waals surface area contributed by atoms with Gasteiger partial charge in [0.05, 0.1) is 5.69 Å². The molecule has 1 aliphatic heterocycles. The first-order valence-electron chi connectivity index (χ1n) is 9.42. The minimum atomic E-state index is 0.00969. The van der Waals surface area contributed by atoms with Crippen LogP contribution in [0.1, 0.15) is 51.6 Å². The normalized spacial score (nSPS) is 18.7. The molecule has 2 N–H and O–H groups in total. The summed E-state index contributed by atoms with van der Waals surface area (Å²) in [7, 11) is 0. The molecule has 2 atom stereocenters. The highest BCUT2D eigenvalue weighted by Crippen LogP contribution is 2.24. The van der Waals surface area contributed by atoms with E-state index in [0.717, 1.165) is 18.8 Å². The second-order valence-corrected chi connectivity index (χ2v) is 7.41. The minimum absolute atomic E-state index is 0.00969. The van der Waals surface area contributed by atoms with Crippen molar-refractivity contribution in [2.45, 2.75) is 46.0 Å². The fraction of sp³-hybridized carbons (Fsp3) is 0.579. The summed E-state index contributed by atoms with van der Waals surface area (Å²) >= 11 is 0. The number of hydrogen-bond acceptors (Lipinski definition) is 5. The molecule has 140 valence electrons. The summed E-state index contributed by atoms with van der Waals surface area (Å²) in [6.45, 7) is 8.39. The zero-order chi connectivity index (χ0) is 18.5. The highest BCUT2D eigenvalue weighted by molar-refractivity contribution is 5.90. The molecule has 0 radical (unpaired) electrons. The summed E-state index contributed by atoms with van der Waals surface area (Å²) in [5, 5.41) is 11.0. The molecule has 3 heterocycles. The predicted molar refractivity (Wildman–Crippen MR) is 101 cm³/mol. The summed E-state index contributed by atoms with van der Waals surface area (Å²) in [5.74, 6) is 2.25. The first kappa shape index (κ1) is 18.5. The Balaban J connectivity index is 1.72. The maximum Gasteiger partial charge on any atom is 0.252 e. The van der Waals surface area contributed by atoms with Crippen molar-refractivity contribution in [2.24, 2.45) is 11.8 Å². The Morgan fingerprint density at radius 3 is 2.77 bits per heavy atom. The summed E-state index contributed by atoms with van der Waals surface area (Å²) < 4.78 is 1.61. The molecule has 1 saturated heterocycles. The highest BCUT2D eigenvalue weighted by Gasteiger charge is 2.23. The Labute approximate surface area is 154 Å². The first-order chi connectivity index (χ1) is 12.5. The van der Waals surface area contributed by atoms with Crippen molar-refractivity contribution in [2.75, 3.05) is 18.4 Å². The van der Waals surface area contributed by atoms with Crippen LogP contribution in [0.5, 0.6) is 0 Å². The van der Waals surface area contributed by atoms with Gasteiger partial charge in [-0.05, 0) is 49.8 Å². The lowest BCUT2D eigenvalue weighted by Crippen LogP contribution is -2.34. The van der Waals surface area contributed by atoms with Crippen molar-refractivity contribution in [1.82, 2.24) is 25.1 Å². The third-order valence-corrected chi connectivity index (χ3v) is 4.98. The van der Waals surface area contributed by atoms with E-state index in [2.05, 4.69) is 46.5 Å². The van der Waals surface area contributed by atoms with Crippen molar-refractivity contribution in [1.29, 1.82) is 0 Å². The van der Waals surface area contributed by atoms with Crippen LogP contribution in [-0.2, 0) is 4.79 Å². The number of aromatic nitrogens is 4. The van der Waals surface area contributed by atoms with Crippen molar-refractivity contribution in [3.8, 4) is 5.95 Å². The lowest BCUT2D eigenvalue weighted by Gasteiger charge is -2.28. The van der Waals surface area contributed by atoms with Gasteiger partial charge in [0.2, 0.25) is 5.91 Å².